The van der Waals surface area contributed by atoms with E-state index in [1.807, 2.05) is 39.8 Å². The van der Waals surface area contributed by atoms with E-state index >= 15 is 0 Å². The molecule has 3 aromatic rings. The van der Waals surface area contributed by atoms with Crippen molar-refractivity contribution in [1.29, 1.82) is 0 Å². The van der Waals surface area contributed by atoms with Crippen molar-refractivity contribution in [2.75, 3.05) is 0 Å². The lowest BCUT2D eigenvalue weighted by Crippen LogP contribution is -2.34. The van der Waals surface area contributed by atoms with Crippen molar-refractivity contribution < 1.29 is 4.79 Å². The van der Waals surface area contributed by atoms with Crippen LogP contribution in [-0.4, -0.2) is 26.5 Å². The Morgan fingerprint density at radius 1 is 1.31 bits per heavy atom. The second-order valence-electron chi connectivity index (χ2n) is 8.27. The van der Waals surface area contributed by atoms with Crippen molar-refractivity contribution in [1.82, 2.24) is 19.9 Å². The van der Waals surface area contributed by atoms with Crippen LogP contribution in [0.5, 0.6) is 0 Å². The number of nitrogens with one attached hydrogen (secondary N) is 2. The number of rotatable bonds is 5. The number of hydrogen-bond donors (Lipinski definition) is 2. The van der Waals surface area contributed by atoms with Gasteiger partial charge in [-0.2, -0.15) is 5.10 Å². The van der Waals surface area contributed by atoms with Gasteiger partial charge >= 0.3 is 0 Å². The molecule has 152 valence electrons. The van der Waals surface area contributed by atoms with Crippen LogP contribution < -0.4 is 10.9 Å². The van der Waals surface area contributed by atoms with Crippen LogP contribution in [0.25, 0.3) is 16.8 Å². The van der Waals surface area contributed by atoms with Crippen molar-refractivity contribution >= 4 is 23.0 Å². The predicted octanol–water partition coefficient (Wildman–Crippen LogP) is 4.30. The van der Waals surface area contributed by atoms with Gasteiger partial charge in [-0.3, -0.25) is 9.59 Å². The summed E-state index contributed by atoms with van der Waals surface area (Å²) >= 11 is 6.12. The van der Waals surface area contributed by atoms with Crippen LogP contribution in [-0.2, 0) is 0 Å². The van der Waals surface area contributed by atoms with Crippen LogP contribution in [0.2, 0.25) is 5.02 Å². The number of fused-ring (bicyclic) bond motifs is 1. The van der Waals surface area contributed by atoms with E-state index in [9.17, 15) is 9.59 Å². The molecular weight excluding hydrogens is 388 g/mol. The minimum absolute atomic E-state index is 0.0193. The second-order valence-corrected chi connectivity index (χ2v) is 8.68. The monoisotopic (exact) mass is 412 g/mol. The predicted molar refractivity (Wildman–Crippen MR) is 115 cm³/mol. The molecule has 1 saturated carbocycles. The summed E-state index contributed by atoms with van der Waals surface area (Å²) in [5, 5.41) is 8.23. The van der Waals surface area contributed by atoms with E-state index in [4.69, 9.17) is 11.6 Å². The smallest absolute Gasteiger partial charge is 0.274 e. The molecule has 0 spiro atoms. The van der Waals surface area contributed by atoms with E-state index in [2.05, 4.69) is 15.4 Å². The topological polar surface area (TPSA) is 79.3 Å². The molecule has 4 rings (SSSR count). The first-order valence-electron chi connectivity index (χ1n) is 9.99. The second kappa shape index (κ2) is 7.34. The third-order valence-electron chi connectivity index (χ3n) is 5.61. The number of halogens is 1. The molecule has 2 N–H and O–H groups in total. The van der Waals surface area contributed by atoms with Crippen LogP contribution in [0.15, 0.2) is 29.2 Å². The van der Waals surface area contributed by atoms with E-state index in [1.165, 1.54) is 4.52 Å². The molecule has 6 nitrogen and oxygen atoms in total. The standard InChI is InChI=1S/C22H25ClN4O2/c1-11(2)18-19(21(28)24-13(4)14-5-6-14)26-27-10-17(25-22(29)20(18)27)15-7-8-16(23)12(3)9-15/h7-11,13-14H,5-6H2,1-4H3,(H,24,28)(H,25,29)/t13-/m0/s1. The fourth-order valence-electron chi connectivity index (χ4n) is 3.77. The van der Waals surface area contributed by atoms with Crippen LogP contribution in [0.4, 0.5) is 0 Å². The van der Waals surface area contributed by atoms with E-state index in [1.54, 1.807) is 12.3 Å². The van der Waals surface area contributed by atoms with Gasteiger partial charge in [0.25, 0.3) is 11.5 Å². The number of hydrogen-bond acceptors (Lipinski definition) is 3. The first-order chi connectivity index (χ1) is 13.8. The van der Waals surface area contributed by atoms with Gasteiger partial charge in [0, 0.05) is 16.6 Å². The molecule has 2 aromatic heterocycles. The number of aromatic amines is 1. The largest absolute Gasteiger partial charge is 0.348 e. The van der Waals surface area contributed by atoms with Crippen molar-refractivity contribution in [2.24, 2.45) is 5.92 Å². The van der Waals surface area contributed by atoms with Crippen LogP contribution >= 0.6 is 11.6 Å². The first-order valence-corrected chi connectivity index (χ1v) is 10.4. The maximum atomic E-state index is 13.0. The number of nitrogens with zero attached hydrogens (tertiary/aromatic N) is 2. The van der Waals surface area contributed by atoms with E-state index < -0.39 is 0 Å². The summed E-state index contributed by atoms with van der Waals surface area (Å²) in [7, 11) is 0. The Labute approximate surface area is 174 Å². The summed E-state index contributed by atoms with van der Waals surface area (Å²) < 4.78 is 1.53. The summed E-state index contributed by atoms with van der Waals surface area (Å²) in [6.07, 6.45) is 4.05. The lowest BCUT2D eigenvalue weighted by atomic mass is 10.0. The Hall–Kier alpha value is -2.60. The minimum atomic E-state index is -0.263. The molecule has 2 heterocycles. The van der Waals surface area contributed by atoms with Gasteiger partial charge in [0.15, 0.2) is 5.69 Å². The van der Waals surface area contributed by atoms with Gasteiger partial charge in [0.1, 0.15) is 5.52 Å². The van der Waals surface area contributed by atoms with Gasteiger partial charge < -0.3 is 10.3 Å². The average Bonchev–Trinajstić information content (AvgIpc) is 3.43. The van der Waals surface area contributed by atoms with Gasteiger partial charge in [-0.05, 0) is 61.8 Å². The van der Waals surface area contributed by atoms with Gasteiger partial charge in [-0.1, -0.05) is 31.5 Å². The highest BCUT2D eigenvalue weighted by atomic mass is 35.5. The van der Waals surface area contributed by atoms with Crippen molar-refractivity contribution in [3.05, 3.63) is 56.6 Å². The Morgan fingerprint density at radius 3 is 2.66 bits per heavy atom. The average molecular weight is 413 g/mol. The van der Waals surface area contributed by atoms with E-state index in [0.717, 1.165) is 24.0 Å². The fourth-order valence-corrected chi connectivity index (χ4v) is 3.88. The fraction of sp³-hybridized carbons (Fsp3) is 0.409. The maximum absolute atomic E-state index is 13.0. The molecule has 1 aliphatic rings. The lowest BCUT2D eigenvalue weighted by Gasteiger charge is -2.13. The highest BCUT2D eigenvalue weighted by Crippen LogP contribution is 2.33. The van der Waals surface area contributed by atoms with Gasteiger partial charge in [-0.15, -0.1) is 0 Å². The Morgan fingerprint density at radius 2 is 2.03 bits per heavy atom. The summed E-state index contributed by atoms with van der Waals surface area (Å²) in [6.45, 7) is 7.87. The van der Waals surface area contributed by atoms with Crippen molar-refractivity contribution in [3.63, 3.8) is 0 Å². The summed E-state index contributed by atoms with van der Waals surface area (Å²) in [6, 6.07) is 5.68. The normalized spacial score (nSPS) is 15.1. The molecule has 1 aromatic carbocycles. The lowest BCUT2D eigenvalue weighted by molar-refractivity contribution is 0.0929. The third-order valence-corrected chi connectivity index (χ3v) is 6.04. The molecule has 1 amide bonds. The van der Waals surface area contributed by atoms with Crippen LogP contribution in [0, 0.1) is 12.8 Å². The summed E-state index contributed by atoms with van der Waals surface area (Å²) in [5.41, 5.74) is 3.52. The number of carbonyl (C=O) groups excluding carboxylic acids is 1. The van der Waals surface area contributed by atoms with E-state index in [0.29, 0.717) is 33.4 Å². The van der Waals surface area contributed by atoms with Gasteiger partial charge in [-0.25, -0.2) is 4.52 Å². The summed E-state index contributed by atoms with van der Waals surface area (Å²) in [5.74, 6) is 0.302. The number of benzene rings is 1. The van der Waals surface area contributed by atoms with Crippen molar-refractivity contribution in [2.45, 2.75) is 52.5 Å². The Balaban J connectivity index is 1.82. The number of aromatic nitrogens is 3. The molecule has 0 saturated heterocycles. The molecule has 0 aliphatic heterocycles. The molecule has 0 radical (unpaired) electrons. The SMILES string of the molecule is Cc1cc(-c2cn3nc(C(=O)N[C@@H](C)C4CC4)c(C(C)C)c3c(=O)[nH]2)ccc1Cl. The highest BCUT2D eigenvalue weighted by Gasteiger charge is 2.31. The quantitative estimate of drug-likeness (QED) is 0.655. The zero-order valence-electron chi connectivity index (χ0n) is 17.0. The molecule has 1 aliphatic carbocycles. The van der Waals surface area contributed by atoms with Gasteiger partial charge in [0.2, 0.25) is 0 Å². The molecule has 29 heavy (non-hydrogen) atoms. The Kier molecular flexibility index (Phi) is 4.99. The van der Waals surface area contributed by atoms with Gasteiger partial charge in [0.05, 0.1) is 11.9 Å². The number of carbonyl (C=O) groups is 1. The zero-order valence-corrected chi connectivity index (χ0v) is 17.8. The molecule has 1 fully saturated rings. The highest BCUT2D eigenvalue weighted by molar-refractivity contribution is 6.31. The Bertz CT molecular complexity index is 1160. The molecule has 7 heteroatoms. The first kappa shape index (κ1) is 19.7. The van der Waals surface area contributed by atoms with Crippen LogP contribution in [0.3, 0.4) is 0 Å². The summed E-state index contributed by atoms with van der Waals surface area (Å²) in [4.78, 5) is 28.8. The number of H-pyrrole nitrogens is 1. The van der Waals surface area contributed by atoms with Crippen LogP contribution in [0.1, 0.15) is 61.1 Å². The zero-order chi connectivity index (χ0) is 20.9. The number of aryl methyl sites for hydroxylation is 1. The third kappa shape index (κ3) is 3.69. The van der Waals surface area contributed by atoms with Crippen molar-refractivity contribution in [3.8, 4) is 11.3 Å². The minimum Gasteiger partial charge on any atom is -0.348 e. The molecule has 0 bridgehead atoms. The molecule has 1 atom stereocenters. The van der Waals surface area contributed by atoms with E-state index in [-0.39, 0.29) is 23.4 Å². The maximum Gasteiger partial charge on any atom is 0.274 e. The molecular formula is C22H25ClN4O2. The number of amides is 1. The molecule has 0 unspecified atom stereocenters.